The van der Waals surface area contributed by atoms with Gasteiger partial charge in [0.15, 0.2) is 11.5 Å². The number of amides is 2. The van der Waals surface area contributed by atoms with Gasteiger partial charge in [0.05, 0.1) is 19.6 Å². The van der Waals surface area contributed by atoms with Crippen molar-refractivity contribution in [3.05, 3.63) is 52.3 Å². The fourth-order valence-corrected chi connectivity index (χ4v) is 3.45. The molecule has 9 nitrogen and oxygen atoms in total. The third-order valence-electron chi connectivity index (χ3n) is 4.94. The highest BCUT2D eigenvalue weighted by molar-refractivity contribution is 5.91. The largest absolute Gasteiger partial charge is 0.491 e. The molecule has 0 aliphatic carbocycles. The molecule has 3 heterocycles. The van der Waals surface area contributed by atoms with Crippen LogP contribution in [-0.2, 0) is 17.9 Å². The van der Waals surface area contributed by atoms with Crippen LogP contribution in [0.3, 0.4) is 0 Å². The molecule has 9 heteroatoms. The Morgan fingerprint density at radius 3 is 2.57 bits per heavy atom. The van der Waals surface area contributed by atoms with E-state index in [4.69, 9.17) is 9.15 Å². The molecule has 2 aromatic heterocycles. The van der Waals surface area contributed by atoms with Gasteiger partial charge >= 0.3 is 0 Å². The molecule has 0 unspecified atom stereocenters. The summed E-state index contributed by atoms with van der Waals surface area (Å²) in [7, 11) is 1.43. The zero-order chi connectivity index (χ0) is 21.7. The Kier molecular flexibility index (Phi) is 6.94. The van der Waals surface area contributed by atoms with E-state index < -0.39 is 0 Å². The molecule has 1 saturated heterocycles. The third-order valence-corrected chi connectivity index (χ3v) is 4.94. The maximum absolute atomic E-state index is 12.4. The van der Waals surface area contributed by atoms with Crippen molar-refractivity contribution in [2.45, 2.75) is 33.0 Å². The number of aromatic nitrogens is 1. The summed E-state index contributed by atoms with van der Waals surface area (Å²) in [6.45, 7) is 6.83. The number of furan rings is 1. The summed E-state index contributed by atoms with van der Waals surface area (Å²) < 4.78 is 12.1. The molecule has 0 spiro atoms. The van der Waals surface area contributed by atoms with Crippen LogP contribution in [0.5, 0.6) is 5.75 Å². The molecule has 2 aromatic rings. The number of carbonyl (C=O) groups excluding carboxylic acids is 2. The average molecular weight is 416 g/mol. The van der Waals surface area contributed by atoms with Gasteiger partial charge < -0.3 is 23.9 Å². The van der Waals surface area contributed by atoms with Crippen LogP contribution in [0.25, 0.3) is 0 Å². The van der Waals surface area contributed by atoms with Gasteiger partial charge in [0.25, 0.3) is 5.91 Å². The lowest BCUT2D eigenvalue weighted by molar-refractivity contribution is -0.122. The standard InChI is InChI=1S/C21H28N4O5/c1-15(2)22-20(27)14-25-13-19(29-3)17(26)11-16(25)12-23-6-8-24(9-7-23)21(28)18-5-4-10-30-18/h4-5,10-11,13,15H,6-9,12,14H2,1-3H3,(H,22,27). The summed E-state index contributed by atoms with van der Waals surface area (Å²) in [5, 5.41) is 2.86. The second kappa shape index (κ2) is 9.62. The second-order valence-electron chi connectivity index (χ2n) is 7.59. The molecule has 1 fully saturated rings. The van der Waals surface area contributed by atoms with Gasteiger partial charge in [-0.3, -0.25) is 19.3 Å². The van der Waals surface area contributed by atoms with Crippen LogP contribution in [0.15, 0.2) is 39.9 Å². The maximum atomic E-state index is 12.4. The first-order chi connectivity index (χ1) is 14.4. The van der Waals surface area contributed by atoms with E-state index >= 15 is 0 Å². The van der Waals surface area contributed by atoms with Gasteiger partial charge in [-0.2, -0.15) is 0 Å². The molecular formula is C21H28N4O5. The number of carbonyl (C=O) groups is 2. The van der Waals surface area contributed by atoms with Gasteiger partial charge in [-0.1, -0.05) is 0 Å². The lowest BCUT2D eigenvalue weighted by Gasteiger charge is -2.34. The minimum absolute atomic E-state index is 0.0296. The van der Waals surface area contributed by atoms with E-state index in [1.807, 2.05) is 13.8 Å². The summed E-state index contributed by atoms with van der Waals surface area (Å²) in [6.07, 6.45) is 3.07. The number of pyridine rings is 1. The molecule has 3 rings (SSSR count). The monoisotopic (exact) mass is 416 g/mol. The number of ether oxygens (including phenoxy) is 1. The second-order valence-corrected chi connectivity index (χ2v) is 7.59. The molecule has 1 aliphatic heterocycles. The van der Waals surface area contributed by atoms with Gasteiger partial charge in [-0.15, -0.1) is 0 Å². The van der Waals surface area contributed by atoms with Crippen molar-refractivity contribution in [1.82, 2.24) is 19.7 Å². The van der Waals surface area contributed by atoms with Gasteiger partial charge in [-0.05, 0) is 26.0 Å². The molecule has 162 valence electrons. The Morgan fingerprint density at radius 2 is 1.97 bits per heavy atom. The minimum atomic E-state index is -0.223. The Labute approximate surface area is 175 Å². The molecular weight excluding hydrogens is 388 g/mol. The first-order valence-electron chi connectivity index (χ1n) is 9.99. The third kappa shape index (κ3) is 5.29. The SMILES string of the molecule is COc1cn(CC(=O)NC(C)C)c(CN2CCN(C(=O)c3ccco3)CC2)cc1=O. The number of nitrogens with zero attached hydrogens (tertiary/aromatic N) is 3. The van der Waals surface area contributed by atoms with Gasteiger partial charge in [0.2, 0.25) is 11.3 Å². The quantitative estimate of drug-likeness (QED) is 0.721. The molecule has 1 aliphatic rings. The van der Waals surface area contributed by atoms with Crippen molar-refractivity contribution in [2.24, 2.45) is 0 Å². The summed E-state index contributed by atoms with van der Waals surface area (Å²) in [6, 6.07) is 4.90. The van der Waals surface area contributed by atoms with E-state index in [2.05, 4.69) is 10.2 Å². The first-order valence-corrected chi connectivity index (χ1v) is 9.99. The molecule has 1 N–H and O–H groups in total. The average Bonchev–Trinajstić information content (AvgIpc) is 3.24. The summed E-state index contributed by atoms with van der Waals surface area (Å²) in [4.78, 5) is 40.9. The zero-order valence-electron chi connectivity index (χ0n) is 17.6. The number of piperazine rings is 1. The highest BCUT2D eigenvalue weighted by atomic mass is 16.5. The van der Waals surface area contributed by atoms with Gasteiger partial charge in [-0.25, -0.2) is 0 Å². The fourth-order valence-electron chi connectivity index (χ4n) is 3.45. The van der Waals surface area contributed by atoms with Crippen LogP contribution < -0.4 is 15.5 Å². The summed E-state index contributed by atoms with van der Waals surface area (Å²) in [5.74, 6) is 0.283. The van der Waals surface area contributed by atoms with Crippen LogP contribution in [0.2, 0.25) is 0 Å². The zero-order valence-corrected chi connectivity index (χ0v) is 17.6. The van der Waals surface area contributed by atoms with Crippen molar-refractivity contribution >= 4 is 11.8 Å². The Balaban J connectivity index is 1.68. The van der Waals surface area contributed by atoms with Crippen molar-refractivity contribution in [3.8, 4) is 5.75 Å². The van der Waals surface area contributed by atoms with E-state index in [9.17, 15) is 14.4 Å². The number of rotatable bonds is 7. The molecule has 0 bridgehead atoms. The van der Waals surface area contributed by atoms with Crippen LogP contribution in [-0.4, -0.2) is 65.5 Å². The molecule has 0 aromatic carbocycles. The van der Waals surface area contributed by atoms with Crippen molar-refractivity contribution in [3.63, 3.8) is 0 Å². The lowest BCUT2D eigenvalue weighted by atomic mass is 10.2. The predicted octanol–water partition coefficient (Wildman–Crippen LogP) is 0.933. The van der Waals surface area contributed by atoms with E-state index in [0.29, 0.717) is 38.5 Å². The van der Waals surface area contributed by atoms with Gasteiger partial charge in [0, 0.05) is 50.5 Å². The minimum Gasteiger partial charge on any atom is -0.491 e. The fraction of sp³-hybridized carbons (Fsp3) is 0.476. The Hall–Kier alpha value is -3.07. The van der Waals surface area contributed by atoms with Crippen molar-refractivity contribution in [1.29, 1.82) is 0 Å². The van der Waals surface area contributed by atoms with Crippen LogP contribution in [0.4, 0.5) is 0 Å². The number of hydrogen-bond donors (Lipinski definition) is 1. The summed E-state index contributed by atoms with van der Waals surface area (Å²) in [5.41, 5.74) is 0.505. The molecule has 0 saturated carbocycles. The number of methoxy groups -OCH3 is 1. The maximum Gasteiger partial charge on any atom is 0.289 e. The van der Waals surface area contributed by atoms with E-state index in [1.54, 1.807) is 27.8 Å². The number of hydrogen-bond acceptors (Lipinski definition) is 6. The highest BCUT2D eigenvalue weighted by Crippen LogP contribution is 2.13. The van der Waals surface area contributed by atoms with E-state index in [1.165, 1.54) is 19.4 Å². The highest BCUT2D eigenvalue weighted by Gasteiger charge is 2.24. The van der Waals surface area contributed by atoms with Gasteiger partial charge in [0.1, 0.15) is 6.54 Å². The van der Waals surface area contributed by atoms with Crippen LogP contribution in [0.1, 0.15) is 30.1 Å². The topological polar surface area (TPSA) is 97.0 Å². The van der Waals surface area contributed by atoms with Crippen molar-refractivity contribution < 1.29 is 18.7 Å². The normalized spacial score (nSPS) is 14.7. The van der Waals surface area contributed by atoms with E-state index in [-0.39, 0.29) is 35.6 Å². The predicted molar refractivity (Wildman–Crippen MR) is 110 cm³/mol. The van der Waals surface area contributed by atoms with Crippen LogP contribution in [0, 0.1) is 0 Å². The lowest BCUT2D eigenvalue weighted by Crippen LogP contribution is -2.48. The summed E-state index contributed by atoms with van der Waals surface area (Å²) >= 11 is 0. The van der Waals surface area contributed by atoms with Crippen LogP contribution >= 0.6 is 0 Å². The molecule has 30 heavy (non-hydrogen) atoms. The smallest absolute Gasteiger partial charge is 0.289 e. The number of nitrogens with one attached hydrogen (secondary N) is 1. The van der Waals surface area contributed by atoms with Crippen molar-refractivity contribution in [2.75, 3.05) is 33.3 Å². The Bertz CT molecular complexity index is 927. The Morgan fingerprint density at radius 1 is 1.23 bits per heavy atom. The molecule has 2 amide bonds. The van der Waals surface area contributed by atoms with E-state index in [0.717, 1.165) is 5.69 Å². The molecule has 0 radical (unpaired) electrons. The molecule has 0 atom stereocenters. The first kappa shape index (κ1) is 21.6.